The summed E-state index contributed by atoms with van der Waals surface area (Å²) in [6, 6.07) is 66.6. The van der Waals surface area contributed by atoms with Gasteiger partial charge in [0.2, 0.25) is 0 Å². The summed E-state index contributed by atoms with van der Waals surface area (Å²) in [5.74, 6) is 0. The van der Waals surface area contributed by atoms with E-state index in [1.807, 2.05) is 18.2 Å². The van der Waals surface area contributed by atoms with Crippen LogP contribution in [-0.2, 0) is 0 Å². The third kappa shape index (κ3) is 4.61. The highest BCUT2D eigenvalue weighted by Gasteiger charge is 2.24. The van der Waals surface area contributed by atoms with Gasteiger partial charge in [0, 0.05) is 21.9 Å². The predicted molar refractivity (Wildman–Crippen MR) is 232 cm³/mol. The predicted octanol–water partition coefficient (Wildman–Crippen LogP) is 15.4. The molecule has 2 nitrogen and oxygen atoms in total. The summed E-state index contributed by atoms with van der Waals surface area (Å²) in [7, 11) is 0. The fourth-order valence-electron chi connectivity index (χ4n) is 9.08. The highest BCUT2D eigenvalue weighted by Crippen LogP contribution is 2.50. The SMILES string of the molecule is [C-]#[N+]c1ccccc1-c1c2ccccc2c(-c2cccc3c2oc2cccc(-c4c5ccccc5c(-c5ccccc5)c5ccccc45)c23)c2ccccc12. The Balaban J connectivity index is 1.24. The molecule has 254 valence electrons. The van der Waals surface area contributed by atoms with Crippen LogP contribution in [0.2, 0.25) is 0 Å². The highest BCUT2D eigenvalue weighted by atomic mass is 16.3. The van der Waals surface area contributed by atoms with Crippen molar-refractivity contribution < 1.29 is 4.42 Å². The molecule has 55 heavy (non-hydrogen) atoms. The topological polar surface area (TPSA) is 17.5 Å². The van der Waals surface area contributed by atoms with Gasteiger partial charge in [0.05, 0.1) is 6.57 Å². The first-order valence-electron chi connectivity index (χ1n) is 18.6. The van der Waals surface area contributed by atoms with Crippen molar-refractivity contribution in [3.05, 3.63) is 199 Å². The summed E-state index contributed by atoms with van der Waals surface area (Å²) in [6.45, 7) is 8.00. The first-order chi connectivity index (χ1) is 27.3. The van der Waals surface area contributed by atoms with Gasteiger partial charge in [-0.3, -0.25) is 0 Å². The standard InChI is InChI=1S/C53H31NO/c1-54-46-31-14-13-27-42(46)49-38-23-9-11-25-40(38)51(41-26-12-10-24-39(41)49)44-29-15-30-45-52-43(28-16-32-47(52)55-53(44)45)50-36-21-7-5-19-34(36)48(33-17-3-2-4-18-33)35-20-6-8-22-37(35)50/h2-32H. The lowest BCUT2D eigenvalue weighted by Gasteiger charge is -2.18. The molecule has 1 heterocycles. The molecule has 0 aliphatic rings. The van der Waals surface area contributed by atoms with Gasteiger partial charge in [-0.15, -0.1) is 0 Å². The van der Waals surface area contributed by atoms with E-state index in [0.717, 1.165) is 71.3 Å². The molecule has 0 aliphatic carbocycles. The lowest BCUT2D eigenvalue weighted by Crippen LogP contribution is -1.91. The second-order valence-corrected chi connectivity index (χ2v) is 14.1. The third-order valence-corrected chi connectivity index (χ3v) is 11.3. The van der Waals surface area contributed by atoms with E-state index < -0.39 is 0 Å². The van der Waals surface area contributed by atoms with Gasteiger partial charge in [-0.1, -0.05) is 182 Å². The lowest BCUT2D eigenvalue weighted by atomic mass is 9.84. The second kappa shape index (κ2) is 12.3. The van der Waals surface area contributed by atoms with Crippen molar-refractivity contribution in [1.29, 1.82) is 0 Å². The van der Waals surface area contributed by atoms with Crippen molar-refractivity contribution in [2.24, 2.45) is 0 Å². The van der Waals surface area contributed by atoms with Gasteiger partial charge < -0.3 is 4.42 Å². The minimum atomic E-state index is 0.648. The molecule has 0 saturated heterocycles. The monoisotopic (exact) mass is 697 g/mol. The molecule has 0 amide bonds. The van der Waals surface area contributed by atoms with Crippen molar-refractivity contribution in [3.8, 4) is 44.5 Å². The summed E-state index contributed by atoms with van der Waals surface area (Å²) in [6.07, 6.45) is 0. The van der Waals surface area contributed by atoms with Crippen LogP contribution in [-0.4, -0.2) is 0 Å². The molecule has 0 fully saturated rings. The van der Waals surface area contributed by atoms with Gasteiger partial charge in [0.15, 0.2) is 5.69 Å². The number of benzene rings is 10. The number of nitrogens with zero attached hydrogens (tertiary/aromatic N) is 1. The van der Waals surface area contributed by atoms with Crippen LogP contribution in [0.3, 0.4) is 0 Å². The van der Waals surface area contributed by atoms with Crippen LogP contribution >= 0.6 is 0 Å². The van der Waals surface area contributed by atoms with Crippen molar-refractivity contribution in [2.45, 2.75) is 0 Å². The molecule has 0 bridgehead atoms. The average molecular weight is 698 g/mol. The summed E-state index contributed by atoms with van der Waals surface area (Å²) in [4.78, 5) is 3.93. The molecule has 0 saturated carbocycles. The zero-order chi connectivity index (χ0) is 36.5. The van der Waals surface area contributed by atoms with Crippen LogP contribution in [0.1, 0.15) is 0 Å². The van der Waals surface area contributed by atoms with E-state index in [0.29, 0.717) is 5.69 Å². The zero-order valence-corrected chi connectivity index (χ0v) is 29.8. The van der Waals surface area contributed by atoms with E-state index in [2.05, 4.69) is 175 Å². The van der Waals surface area contributed by atoms with Gasteiger partial charge in [0.1, 0.15) is 11.2 Å². The molecular formula is C53H31NO. The molecule has 0 spiro atoms. The maximum atomic E-state index is 8.00. The molecule has 10 aromatic carbocycles. The van der Waals surface area contributed by atoms with Gasteiger partial charge >= 0.3 is 0 Å². The van der Waals surface area contributed by atoms with Gasteiger partial charge in [-0.05, 0) is 82.5 Å². The minimum Gasteiger partial charge on any atom is -0.455 e. The molecule has 0 radical (unpaired) electrons. The minimum absolute atomic E-state index is 0.648. The van der Waals surface area contributed by atoms with Gasteiger partial charge in [-0.2, -0.15) is 0 Å². The Morgan fingerprint density at radius 3 is 1.29 bits per heavy atom. The number of hydrogen-bond acceptors (Lipinski definition) is 1. The Bertz CT molecular complexity index is 3270. The van der Waals surface area contributed by atoms with E-state index in [1.165, 1.54) is 38.2 Å². The summed E-state index contributed by atoms with van der Waals surface area (Å²) < 4.78 is 7.03. The van der Waals surface area contributed by atoms with Crippen LogP contribution < -0.4 is 0 Å². The molecule has 0 aliphatic heterocycles. The molecular weight excluding hydrogens is 667 g/mol. The molecule has 2 heteroatoms. The quantitative estimate of drug-likeness (QED) is 0.132. The number of para-hydroxylation sites is 2. The fourth-order valence-corrected chi connectivity index (χ4v) is 9.08. The van der Waals surface area contributed by atoms with Crippen LogP contribution in [0.5, 0.6) is 0 Å². The second-order valence-electron chi connectivity index (χ2n) is 14.1. The maximum absolute atomic E-state index is 8.00. The fraction of sp³-hybridized carbons (Fsp3) is 0. The van der Waals surface area contributed by atoms with Crippen molar-refractivity contribution >= 4 is 70.7 Å². The van der Waals surface area contributed by atoms with Gasteiger partial charge in [0.25, 0.3) is 0 Å². The maximum Gasteiger partial charge on any atom is 0.194 e. The third-order valence-electron chi connectivity index (χ3n) is 11.3. The Kier molecular flexibility index (Phi) is 6.96. The average Bonchev–Trinajstić information content (AvgIpc) is 3.65. The van der Waals surface area contributed by atoms with E-state index >= 15 is 0 Å². The largest absolute Gasteiger partial charge is 0.455 e. The Morgan fingerprint density at radius 1 is 0.327 bits per heavy atom. The Morgan fingerprint density at radius 2 is 0.727 bits per heavy atom. The van der Waals surface area contributed by atoms with Crippen molar-refractivity contribution in [3.63, 3.8) is 0 Å². The van der Waals surface area contributed by atoms with E-state index in [-0.39, 0.29) is 0 Å². The first-order valence-corrected chi connectivity index (χ1v) is 18.6. The lowest BCUT2D eigenvalue weighted by molar-refractivity contribution is 0.670. The highest BCUT2D eigenvalue weighted by molar-refractivity contribution is 6.28. The normalized spacial score (nSPS) is 11.6. The van der Waals surface area contributed by atoms with Crippen molar-refractivity contribution in [2.75, 3.05) is 0 Å². The number of rotatable bonds is 4. The van der Waals surface area contributed by atoms with Gasteiger partial charge in [-0.25, -0.2) is 4.85 Å². The molecule has 0 unspecified atom stereocenters. The molecule has 1 aromatic heterocycles. The molecule has 11 rings (SSSR count). The molecule has 11 aromatic rings. The number of furan rings is 1. The molecule has 0 N–H and O–H groups in total. The van der Waals surface area contributed by atoms with Crippen LogP contribution in [0.4, 0.5) is 5.69 Å². The van der Waals surface area contributed by atoms with E-state index in [4.69, 9.17) is 11.0 Å². The summed E-state index contributed by atoms with van der Waals surface area (Å²) in [5.41, 5.74) is 11.4. The first kappa shape index (κ1) is 31.1. The van der Waals surface area contributed by atoms with Crippen LogP contribution in [0.15, 0.2) is 192 Å². The van der Waals surface area contributed by atoms with E-state index in [1.54, 1.807) is 0 Å². The number of hydrogen-bond donors (Lipinski definition) is 0. The van der Waals surface area contributed by atoms with Crippen LogP contribution in [0.25, 0.3) is 114 Å². The summed E-state index contributed by atoms with van der Waals surface area (Å²) in [5, 5.41) is 11.5. The van der Waals surface area contributed by atoms with E-state index in [9.17, 15) is 0 Å². The number of fused-ring (bicyclic) bond motifs is 7. The zero-order valence-electron chi connectivity index (χ0n) is 29.8. The van der Waals surface area contributed by atoms with Crippen LogP contribution in [0, 0.1) is 6.57 Å². The smallest absolute Gasteiger partial charge is 0.194 e. The molecule has 0 atom stereocenters. The summed E-state index contributed by atoms with van der Waals surface area (Å²) >= 11 is 0. The Hall–Kier alpha value is -7.47. The Labute approximate surface area is 318 Å². The van der Waals surface area contributed by atoms with Crippen molar-refractivity contribution in [1.82, 2.24) is 0 Å².